The summed E-state index contributed by atoms with van der Waals surface area (Å²) in [6, 6.07) is 5.42. The van der Waals surface area contributed by atoms with Gasteiger partial charge in [0.1, 0.15) is 5.60 Å². The highest BCUT2D eigenvalue weighted by Crippen LogP contribution is 2.38. The summed E-state index contributed by atoms with van der Waals surface area (Å²) >= 11 is 3.42. The topological polar surface area (TPSA) is 49.9 Å². The number of fused-ring (bicyclic) bond motifs is 1. The highest BCUT2D eigenvalue weighted by molar-refractivity contribution is 9.10. The number of benzene rings is 1. The second-order valence-corrected chi connectivity index (χ2v) is 7.38. The molecule has 0 fully saturated rings. The van der Waals surface area contributed by atoms with Crippen molar-refractivity contribution in [3.8, 4) is 0 Å². The van der Waals surface area contributed by atoms with Crippen molar-refractivity contribution >= 4 is 39.3 Å². The van der Waals surface area contributed by atoms with Gasteiger partial charge in [-0.15, -0.1) is 0 Å². The van der Waals surface area contributed by atoms with Crippen LogP contribution >= 0.6 is 15.9 Å². The Morgan fingerprint density at radius 2 is 1.91 bits per heavy atom. The third kappa shape index (κ3) is 3.43. The van der Waals surface area contributed by atoms with Crippen molar-refractivity contribution in [2.75, 3.05) is 16.3 Å². The lowest BCUT2D eigenvalue weighted by atomic mass is 10.1. The summed E-state index contributed by atoms with van der Waals surface area (Å²) in [5.41, 5.74) is 0.835. The van der Waals surface area contributed by atoms with Gasteiger partial charge in [0.2, 0.25) is 5.91 Å². The van der Waals surface area contributed by atoms with Crippen LogP contribution in [0.2, 0.25) is 0 Å². The summed E-state index contributed by atoms with van der Waals surface area (Å²) in [6.45, 7) is 9.36. The molecule has 6 heteroatoms. The Morgan fingerprint density at radius 3 is 2.45 bits per heavy atom. The van der Waals surface area contributed by atoms with E-state index in [4.69, 9.17) is 4.74 Å². The van der Waals surface area contributed by atoms with Crippen molar-refractivity contribution in [2.45, 2.75) is 46.3 Å². The summed E-state index contributed by atoms with van der Waals surface area (Å²) in [5.74, 6) is -0.0417. The Bertz CT molecular complexity index is 610. The number of hydrogen-bond acceptors (Lipinski definition) is 3. The zero-order valence-corrected chi connectivity index (χ0v) is 15.1. The maximum Gasteiger partial charge on any atom is 0.414 e. The zero-order valence-electron chi connectivity index (χ0n) is 13.5. The van der Waals surface area contributed by atoms with Gasteiger partial charge in [0.15, 0.2) is 0 Å². The van der Waals surface area contributed by atoms with E-state index < -0.39 is 11.7 Å². The predicted octanol–water partition coefficient (Wildman–Crippen LogP) is 3.95. The van der Waals surface area contributed by atoms with Crippen molar-refractivity contribution in [1.82, 2.24) is 0 Å². The normalized spacial score (nSPS) is 18.0. The van der Waals surface area contributed by atoms with E-state index >= 15 is 0 Å². The Hall–Kier alpha value is -1.56. The van der Waals surface area contributed by atoms with Gasteiger partial charge in [-0.25, -0.2) is 4.79 Å². The molecule has 0 aliphatic carbocycles. The molecular weight excluding hydrogens is 348 g/mol. The molecular formula is C16H21BrN2O3. The molecule has 2 rings (SSSR count). The fourth-order valence-electron chi connectivity index (χ4n) is 2.57. The third-order valence-electron chi connectivity index (χ3n) is 3.33. The molecule has 2 amide bonds. The molecule has 0 saturated heterocycles. The molecule has 1 aromatic carbocycles. The van der Waals surface area contributed by atoms with Crippen LogP contribution in [0.3, 0.4) is 0 Å². The van der Waals surface area contributed by atoms with E-state index in [9.17, 15) is 9.59 Å². The van der Waals surface area contributed by atoms with Gasteiger partial charge in [-0.2, -0.15) is 0 Å². The van der Waals surface area contributed by atoms with E-state index in [1.807, 2.05) is 45.9 Å². The molecule has 22 heavy (non-hydrogen) atoms. The molecule has 0 N–H and O–H groups in total. The number of carbonyl (C=O) groups excluding carboxylic acids is 2. The van der Waals surface area contributed by atoms with Gasteiger partial charge in [-0.3, -0.25) is 9.69 Å². The van der Waals surface area contributed by atoms with Crippen LogP contribution in [0.25, 0.3) is 0 Å². The monoisotopic (exact) mass is 368 g/mol. The summed E-state index contributed by atoms with van der Waals surface area (Å²) in [7, 11) is 0. The molecule has 0 saturated carbocycles. The van der Waals surface area contributed by atoms with Gasteiger partial charge in [0.25, 0.3) is 0 Å². The number of rotatable bonds is 0. The summed E-state index contributed by atoms with van der Waals surface area (Å²) in [4.78, 5) is 27.7. The fourth-order valence-corrected chi connectivity index (χ4v) is 2.92. The molecule has 0 unspecified atom stereocenters. The molecule has 1 aliphatic rings. The van der Waals surface area contributed by atoms with Gasteiger partial charge in [-0.1, -0.05) is 15.9 Å². The molecule has 0 aromatic heterocycles. The van der Waals surface area contributed by atoms with E-state index in [0.29, 0.717) is 12.2 Å². The van der Waals surface area contributed by atoms with Crippen LogP contribution in [-0.4, -0.2) is 30.2 Å². The quantitative estimate of drug-likeness (QED) is 0.696. The first-order valence-corrected chi connectivity index (χ1v) is 7.99. The number of anilines is 2. The summed E-state index contributed by atoms with van der Waals surface area (Å²) in [6.07, 6.45) is -0.401. The van der Waals surface area contributed by atoms with E-state index in [2.05, 4.69) is 15.9 Å². The van der Waals surface area contributed by atoms with E-state index in [1.165, 1.54) is 6.92 Å². The second-order valence-electron chi connectivity index (χ2n) is 6.46. The average molecular weight is 369 g/mol. The molecule has 5 nitrogen and oxygen atoms in total. The van der Waals surface area contributed by atoms with Crippen LogP contribution in [0.5, 0.6) is 0 Å². The van der Waals surface area contributed by atoms with Gasteiger partial charge in [0, 0.05) is 17.9 Å². The fraction of sp³-hybridized carbons (Fsp3) is 0.500. The van der Waals surface area contributed by atoms with Crippen molar-refractivity contribution in [3.05, 3.63) is 22.7 Å². The van der Waals surface area contributed by atoms with E-state index in [-0.39, 0.29) is 11.9 Å². The smallest absolute Gasteiger partial charge is 0.414 e. The maximum absolute atomic E-state index is 12.5. The van der Waals surface area contributed by atoms with E-state index in [0.717, 1.165) is 10.2 Å². The number of nitrogens with zero attached hydrogens (tertiary/aromatic N) is 2. The first-order chi connectivity index (χ1) is 10.1. The molecule has 0 spiro atoms. The van der Waals surface area contributed by atoms with Crippen LogP contribution in [-0.2, 0) is 9.53 Å². The lowest BCUT2D eigenvalue weighted by Gasteiger charge is -2.41. The van der Waals surface area contributed by atoms with Crippen LogP contribution in [0.4, 0.5) is 16.2 Å². The highest BCUT2D eigenvalue weighted by Gasteiger charge is 2.35. The lowest BCUT2D eigenvalue weighted by Crippen LogP contribution is -2.52. The molecule has 1 aromatic rings. The number of carbonyl (C=O) groups is 2. The lowest BCUT2D eigenvalue weighted by molar-refractivity contribution is -0.117. The van der Waals surface area contributed by atoms with E-state index in [1.54, 1.807) is 9.80 Å². The van der Waals surface area contributed by atoms with Gasteiger partial charge in [0.05, 0.1) is 17.4 Å². The Morgan fingerprint density at radius 1 is 1.27 bits per heavy atom. The average Bonchev–Trinajstić information content (AvgIpc) is 2.35. The minimum absolute atomic E-state index is 0.0417. The minimum atomic E-state index is -0.565. The van der Waals surface area contributed by atoms with Crippen molar-refractivity contribution < 1.29 is 14.3 Å². The molecule has 1 heterocycles. The predicted molar refractivity (Wildman–Crippen MR) is 90.3 cm³/mol. The minimum Gasteiger partial charge on any atom is -0.443 e. The third-order valence-corrected chi connectivity index (χ3v) is 3.82. The highest BCUT2D eigenvalue weighted by atomic mass is 79.9. The largest absolute Gasteiger partial charge is 0.443 e. The molecule has 0 radical (unpaired) electrons. The first-order valence-electron chi connectivity index (χ1n) is 7.20. The molecule has 0 bridgehead atoms. The van der Waals surface area contributed by atoms with Crippen molar-refractivity contribution in [3.63, 3.8) is 0 Å². The van der Waals surface area contributed by atoms with Gasteiger partial charge < -0.3 is 9.64 Å². The van der Waals surface area contributed by atoms with Crippen LogP contribution in [0.1, 0.15) is 34.6 Å². The maximum atomic E-state index is 12.5. The zero-order chi connectivity index (χ0) is 16.7. The summed E-state index contributed by atoms with van der Waals surface area (Å²) < 4.78 is 6.33. The standard InChI is InChI=1S/C16H21BrN2O3/c1-10-9-18(15(21)22-16(3,4)5)14-8-12(17)6-7-13(14)19(10)11(2)20/h6-8,10H,9H2,1-5H3/t10-/m0/s1. The Balaban J connectivity index is 2.46. The first kappa shape index (κ1) is 16.8. The number of halogens is 1. The Labute approximate surface area is 139 Å². The molecule has 1 aliphatic heterocycles. The van der Waals surface area contributed by atoms with Crippen LogP contribution < -0.4 is 9.80 Å². The SMILES string of the molecule is CC(=O)N1c2ccc(Br)cc2N(C(=O)OC(C)(C)C)C[C@@H]1C. The van der Waals surface area contributed by atoms with Crippen molar-refractivity contribution in [2.24, 2.45) is 0 Å². The number of amides is 2. The summed E-state index contributed by atoms with van der Waals surface area (Å²) in [5, 5.41) is 0. The van der Waals surface area contributed by atoms with Gasteiger partial charge in [-0.05, 0) is 45.9 Å². The second kappa shape index (κ2) is 5.91. The number of ether oxygens (including phenoxy) is 1. The number of hydrogen-bond donors (Lipinski definition) is 0. The van der Waals surface area contributed by atoms with Gasteiger partial charge >= 0.3 is 6.09 Å². The van der Waals surface area contributed by atoms with Crippen LogP contribution in [0.15, 0.2) is 22.7 Å². The van der Waals surface area contributed by atoms with Crippen LogP contribution in [0, 0.1) is 0 Å². The molecule has 120 valence electrons. The molecule has 1 atom stereocenters. The Kier molecular flexibility index (Phi) is 4.52. The van der Waals surface area contributed by atoms with Crippen molar-refractivity contribution in [1.29, 1.82) is 0 Å².